The van der Waals surface area contributed by atoms with Crippen LogP contribution >= 0.6 is 0 Å². The highest BCUT2D eigenvalue weighted by molar-refractivity contribution is 4.95. The van der Waals surface area contributed by atoms with Gasteiger partial charge in [-0.25, -0.2) is 0 Å². The standard InChI is InChI=1S/C13H26N2/c1-13(2)9-5-6-10-15(13)12-8-4-3-7-11(12)14/h11-12H,3-10,14H2,1-2H3. The van der Waals surface area contributed by atoms with Crippen molar-refractivity contribution in [1.82, 2.24) is 4.90 Å². The molecule has 0 radical (unpaired) electrons. The van der Waals surface area contributed by atoms with Crippen LogP contribution in [0.25, 0.3) is 0 Å². The van der Waals surface area contributed by atoms with E-state index in [1.165, 1.54) is 51.5 Å². The molecule has 0 aromatic carbocycles. The highest BCUT2D eigenvalue weighted by Gasteiger charge is 2.37. The third-order valence-corrected chi connectivity index (χ3v) is 4.40. The molecule has 2 rings (SSSR count). The van der Waals surface area contributed by atoms with Crippen LogP contribution in [0.4, 0.5) is 0 Å². The second kappa shape index (κ2) is 4.42. The number of hydrogen-bond acceptors (Lipinski definition) is 2. The highest BCUT2D eigenvalue weighted by atomic mass is 15.2. The summed E-state index contributed by atoms with van der Waals surface area (Å²) in [4.78, 5) is 2.71. The van der Waals surface area contributed by atoms with Crippen molar-refractivity contribution >= 4 is 0 Å². The lowest BCUT2D eigenvalue weighted by molar-refractivity contribution is 0.00941. The Bertz CT molecular complexity index is 213. The molecule has 1 saturated carbocycles. The second-order valence-corrected chi connectivity index (χ2v) is 5.98. The summed E-state index contributed by atoms with van der Waals surface area (Å²) in [6.07, 6.45) is 9.38. The Balaban J connectivity index is 2.06. The van der Waals surface area contributed by atoms with Gasteiger partial charge in [0.1, 0.15) is 0 Å². The van der Waals surface area contributed by atoms with Crippen LogP contribution in [0, 0.1) is 0 Å². The van der Waals surface area contributed by atoms with Crippen LogP contribution in [0.15, 0.2) is 0 Å². The van der Waals surface area contributed by atoms with Crippen LogP contribution < -0.4 is 5.73 Å². The van der Waals surface area contributed by atoms with E-state index in [1.54, 1.807) is 0 Å². The van der Waals surface area contributed by atoms with Crippen LogP contribution in [0.3, 0.4) is 0 Å². The van der Waals surface area contributed by atoms with E-state index < -0.39 is 0 Å². The largest absolute Gasteiger partial charge is 0.326 e. The maximum absolute atomic E-state index is 6.29. The van der Waals surface area contributed by atoms with Gasteiger partial charge in [-0.3, -0.25) is 4.90 Å². The second-order valence-electron chi connectivity index (χ2n) is 5.98. The maximum Gasteiger partial charge on any atom is 0.0252 e. The molecule has 2 unspecified atom stereocenters. The van der Waals surface area contributed by atoms with Crippen molar-refractivity contribution in [2.75, 3.05) is 6.54 Å². The fourth-order valence-electron chi connectivity index (χ4n) is 3.43. The first-order valence-corrected chi connectivity index (χ1v) is 6.63. The summed E-state index contributed by atoms with van der Waals surface area (Å²) in [6.45, 7) is 6.06. The molecular formula is C13H26N2. The Morgan fingerprint density at radius 2 is 1.80 bits per heavy atom. The lowest BCUT2D eigenvalue weighted by Crippen LogP contribution is -2.59. The molecule has 0 bridgehead atoms. The predicted octanol–water partition coefficient (Wildman–Crippen LogP) is 2.52. The molecule has 2 fully saturated rings. The zero-order valence-electron chi connectivity index (χ0n) is 10.3. The highest BCUT2D eigenvalue weighted by Crippen LogP contribution is 2.33. The van der Waals surface area contributed by atoms with E-state index in [0.29, 0.717) is 17.6 Å². The number of nitrogens with zero attached hydrogens (tertiary/aromatic N) is 1. The van der Waals surface area contributed by atoms with Gasteiger partial charge in [0.05, 0.1) is 0 Å². The predicted molar refractivity (Wildman–Crippen MR) is 64.9 cm³/mol. The minimum absolute atomic E-state index is 0.387. The average Bonchev–Trinajstić information content (AvgIpc) is 2.19. The van der Waals surface area contributed by atoms with E-state index in [1.807, 2.05) is 0 Å². The number of rotatable bonds is 1. The average molecular weight is 210 g/mol. The van der Waals surface area contributed by atoms with Gasteiger partial charge in [0, 0.05) is 17.6 Å². The molecule has 0 amide bonds. The van der Waals surface area contributed by atoms with Crippen molar-refractivity contribution in [1.29, 1.82) is 0 Å². The van der Waals surface area contributed by atoms with Gasteiger partial charge in [0.25, 0.3) is 0 Å². The zero-order valence-corrected chi connectivity index (χ0v) is 10.3. The van der Waals surface area contributed by atoms with Gasteiger partial charge < -0.3 is 5.73 Å². The van der Waals surface area contributed by atoms with Crippen molar-refractivity contribution in [3.63, 3.8) is 0 Å². The Morgan fingerprint density at radius 1 is 1.07 bits per heavy atom. The summed E-state index contributed by atoms with van der Waals surface area (Å²) in [7, 11) is 0. The number of likely N-dealkylation sites (tertiary alicyclic amines) is 1. The first-order valence-electron chi connectivity index (χ1n) is 6.63. The summed E-state index contributed by atoms with van der Waals surface area (Å²) < 4.78 is 0. The molecule has 2 atom stereocenters. The lowest BCUT2D eigenvalue weighted by atomic mass is 9.82. The molecule has 0 aromatic rings. The van der Waals surface area contributed by atoms with Crippen molar-refractivity contribution in [3.8, 4) is 0 Å². The van der Waals surface area contributed by atoms with Crippen LogP contribution in [-0.4, -0.2) is 29.1 Å². The first kappa shape index (κ1) is 11.4. The van der Waals surface area contributed by atoms with Gasteiger partial charge in [-0.15, -0.1) is 0 Å². The molecule has 88 valence electrons. The fourth-order valence-corrected chi connectivity index (χ4v) is 3.43. The Labute approximate surface area is 94.2 Å². The van der Waals surface area contributed by atoms with Gasteiger partial charge >= 0.3 is 0 Å². The molecule has 0 spiro atoms. The molecule has 1 aliphatic heterocycles. The summed E-state index contributed by atoms with van der Waals surface area (Å²) in [5.41, 5.74) is 6.68. The summed E-state index contributed by atoms with van der Waals surface area (Å²) in [6, 6.07) is 1.09. The molecule has 2 N–H and O–H groups in total. The zero-order chi connectivity index (χ0) is 10.9. The van der Waals surface area contributed by atoms with Crippen LogP contribution in [0.5, 0.6) is 0 Å². The number of hydrogen-bond donors (Lipinski definition) is 1. The number of nitrogens with two attached hydrogens (primary N) is 1. The fraction of sp³-hybridized carbons (Fsp3) is 1.00. The quantitative estimate of drug-likeness (QED) is 0.720. The molecule has 2 aliphatic rings. The van der Waals surface area contributed by atoms with Gasteiger partial charge in [-0.1, -0.05) is 19.3 Å². The van der Waals surface area contributed by atoms with Gasteiger partial charge in [-0.2, -0.15) is 0 Å². The van der Waals surface area contributed by atoms with Crippen molar-refractivity contribution < 1.29 is 0 Å². The van der Waals surface area contributed by atoms with E-state index in [-0.39, 0.29) is 0 Å². The van der Waals surface area contributed by atoms with Crippen molar-refractivity contribution in [3.05, 3.63) is 0 Å². The summed E-state index contributed by atoms with van der Waals surface area (Å²) in [5, 5.41) is 0. The lowest BCUT2D eigenvalue weighted by Gasteiger charge is -2.50. The van der Waals surface area contributed by atoms with E-state index in [9.17, 15) is 0 Å². The third-order valence-electron chi connectivity index (χ3n) is 4.40. The van der Waals surface area contributed by atoms with Gasteiger partial charge in [0.2, 0.25) is 0 Å². The number of piperidine rings is 1. The Hall–Kier alpha value is -0.0800. The van der Waals surface area contributed by atoms with E-state index in [0.717, 1.165) is 0 Å². The Kier molecular flexibility index (Phi) is 3.36. The topological polar surface area (TPSA) is 29.3 Å². The molecule has 1 saturated heterocycles. The van der Waals surface area contributed by atoms with Crippen LogP contribution in [0.1, 0.15) is 58.8 Å². The van der Waals surface area contributed by atoms with Crippen LogP contribution in [-0.2, 0) is 0 Å². The van der Waals surface area contributed by atoms with Gasteiger partial charge in [0.15, 0.2) is 0 Å². The summed E-state index contributed by atoms with van der Waals surface area (Å²) >= 11 is 0. The summed E-state index contributed by atoms with van der Waals surface area (Å²) in [5.74, 6) is 0. The maximum atomic E-state index is 6.29. The van der Waals surface area contributed by atoms with E-state index in [4.69, 9.17) is 5.73 Å². The monoisotopic (exact) mass is 210 g/mol. The molecule has 1 aliphatic carbocycles. The SMILES string of the molecule is CC1(C)CCCCN1C1CCCCC1N. The molecule has 1 heterocycles. The molecule has 0 aromatic heterocycles. The minimum atomic E-state index is 0.387. The van der Waals surface area contributed by atoms with Crippen molar-refractivity contribution in [2.45, 2.75) is 76.4 Å². The van der Waals surface area contributed by atoms with Crippen molar-refractivity contribution in [2.24, 2.45) is 5.73 Å². The van der Waals surface area contributed by atoms with E-state index in [2.05, 4.69) is 18.7 Å². The van der Waals surface area contributed by atoms with Crippen LogP contribution in [0.2, 0.25) is 0 Å². The smallest absolute Gasteiger partial charge is 0.0252 e. The normalized spacial score (nSPS) is 37.8. The molecule has 2 nitrogen and oxygen atoms in total. The first-order chi connectivity index (χ1) is 7.11. The Morgan fingerprint density at radius 3 is 2.47 bits per heavy atom. The minimum Gasteiger partial charge on any atom is -0.326 e. The molecule has 2 heteroatoms. The third kappa shape index (κ3) is 2.36. The van der Waals surface area contributed by atoms with E-state index >= 15 is 0 Å². The van der Waals surface area contributed by atoms with Gasteiger partial charge in [-0.05, 0) is 46.1 Å². The molecular weight excluding hydrogens is 184 g/mol. The molecule has 15 heavy (non-hydrogen) atoms.